The van der Waals surface area contributed by atoms with Crippen LogP contribution in [0.3, 0.4) is 0 Å². The second-order valence-corrected chi connectivity index (χ2v) is 2.82. The molecule has 15 heavy (non-hydrogen) atoms. The Morgan fingerprint density at radius 3 is 2.73 bits per heavy atom. The molecule has 0 spiro atoms. The van der Waals surface area contributed by atoms with Crippen LogP contribution in [0.1, 0.15) is 12.6 Å². The predicted molar refractivity (Wildman–Crippen MR) is 54.6 cm³/mol. The molecule has 0 aliphatic rings. The first-order valence-electron chi connectivity index (χ1n) is 4.52. The van der Waals surface area contributed by atoms with Gasteiger partial charge in [0, 0.05) is 12.7 Å². The number of urea groups is 1. The van der Waals surface area contributed by atoms with Gasteiger partial charge < -0.3 is 5.73 Å². The Balaban J connectivity index is 2.66. The quantitative estimate of drug-likeness (QED) is 0.785. The molecule has 0 aliphatic heterocycles. The van der Waals surface area contributed by atoms with Gasteiger partial charge in [0.1, 0.15) is 0 Å². The number of hydrogen-bond donors (Lipinski definition) is 1. The highest BCUT2D eigenvalue weighted by Gasteiger charge is 2.17. The summed E-state index contributed by atoms with van der Waals surface area (Å²) in [7, 11) is 0. The first-order valence-corrected chi connectivity index (χ1v) is 4.52. The molecular formula is C10H12N3O2. The molecule has 0 saturated carbocycles. The molecule has 5 heteroatoms. The molecule has 0 atom stereocenters. The molecule has 3 amide bonds. The van der Waals surface area contributed by atoms with Crippen molar-refractivity contribution in [1.29, 1.82) is 0 Å². The van der Waals surface area contributed by atoms with Crippen LogP contribution in [0.4, 0.5) is 4.79 Å². The summed E-state index contributed by atoms with van der Waals surface area (Å²) in [5, 5.41) is 0. The average Bonchev–Trinajstić information content (AvgIpc) is 2.19. The highest BCUT2D eigenvalue weighted by Crippen LogP contribution is 2.01. The van der Waals surface area contributed by atoms with Crippen LogP contribution in [-0.4, -0.2) is 28.4 Å². The van der Waals surface area contributed by atoms with Crippen LogP contribution < -0.4 is 5.73 Å². The molecule has 0 aliphatic carbocycles. The largest absolute Gasteiger partial charge is 0.351 e. The van der Waals surface area contributed by atoms with Gasteiger partial charge in [-0.3, -0.25) is 14.7 Å². The van der Waals surface area contributed by atoms with E-state index in [9.17, 15) is 9.59 Å². The lowest BCUT2D eigenvalue weighted by Gasteiger charge is -2.15. The summed E-state index contributed by atoms with van der Waals surface area (Å²) in [6.07, 6.45) is 2.84. The van der Waals surface area contributed by atoms with Gasteiger partial charge in [-0.25, -0.2) is 4.79 Å². The van der Waals surface area contributed by atoms with Gasteiger partial charge in [-0.15, -0.1) is 0 Å². The molecule has 0 saturated heterocycles. The van der Waals surface area contributed by atoms with E-state index in [1.165, 1.54) is 6.42 Å². The van der Waals surface area contributed by atoms with Crippen molar-refractivity contribution < 1.29 is 9.59 Å². The molecule has 0 bridgehead atoms. The van der Waals surface area contributed by atoms with Crippen molar-refractivity contribution in [3.63, 3.8) is 0 Å². The number of pyridine rings is 1. The van der Waals surface area contributed by atoms with Crippen LogP contribution in [0.2, 0.25) is 0 Å². The first kappa shape index (κ1) is 11.2. The maximum atomic E-state index is 11.5. The summed E-state index contributed by atoms with van der Waals surface area (Å²) in [6.45, 7) is 1.92. The van der Waals surface area contributed by atoms with Crippen molar-refractivity contribution in [1.82, 2.24) is 9.88 Å². The van der Waals surface area contributed by atoms with Gasteiger partial charge in [-0.1, -0.05) is 6.07 Å². The number of amides is 3. The third-order valence-corrected chi connectivity index (χ3v) is 1.81. The van der Waals surface area contributed by atoms with Crippen LogP contribution in [0.5, 0.6) is 0 Å². The standard InChI is InChI=1S/C10H12N3O2/c1-2-13(10(11)15)9(14)7-8-5-3-4-6-12-8/h3-7H,2H2,1H3,(H2,11,15). The van der Waals surface area contributed by atoms with Gasteiger partial charge in [-0.2, -0.15) is 0 Å². The van der Waals surface area contributed by atoms with Crippen LogP contribution in [0.15, 0.2) is 24.4 Å². The maximum Gasteiger partial charge on any atom is 0.321 e. The van der Waals surface area contributed by atoms with Crippen molar-refractivity contribution in [3.8, 4) is 0 Å². The summed E-state index contributed by atoms with van der Waals surface area (Å²) >= 11 is 0. The Morgan fingerprint density at radius 1 is 1.53 bits per heavy atom. The molecule has 1 rings (SSSR count). The summed E-state index contributed by atoms with van der Waals surface area (Å²) in [6, 6.07) is 4.42. The minimum absolute atomic E-state index is 0.248. The molecule has 5 nitrogen and oxygen atoms in total. The number of carbonyl (C=O) groups excluding carboxylic acids is 2. The molecule has 1 radical (unpaired) electrons. The molecule has 0 fully saturated rings. The van der Waals surface area contributed by atoms with Gasteiger partial charge in [0.15, 0.2) is 0 Å². The summed E-state index contributed by atoms with van der Waals surface area (Å²) in [4.78, 5) is 27.2. The highest BCUT2D eigenvalue weighted by atomic mass is 16.2. The monoisotopic (exact) mass is 206 g/mol. The smallest absolute Gasteiger partial charge is 0.321 e. The number of aromatic nitrogens is 1. The second-order valence-electron chi connectivity index (χ2n) is 2.82. The zero-order valence-electron chi connectivity index (χ0n) is 8.38. The van der Waals surface area contributed by atoms with Crippen molar-refractivity contribution in [3.05, 3.63) is 36.5 Å². The van der Waals surface area contributed by atoms with E-state index in [-0.39, 0.29) is 6.54 Å². The summed E-state index contributed by atoms with van der Waals surface area (Å²) in [5.74, 6) is -0.455. The predicted octanol–water partition coefficient (Wildman–Crippen LogP) is 0.561. The zero-order chi connectivity index (χ0) is 11.3. The van der Waals surface area contributed by atoms with E-state index in [2.05, 4.69) is 4.98 Å². The maximum absolute atomic E-state index is 11.5. The Labute approximate surface area is 87.9 Å². The van der Waals surface area contributed by atoms with E-state index in [0.717, 1.165) is 4.90 Å². The average molecular weight is 206 g/mol. The Bertz CT molecular complexity index is 351. The first-order chi connectivity index (χ1) is 7.15. The van der Waals surface area contributed by atoms with Gasteiger partial charge in [-0.05, 0) is 19.1 Å². The molecule has 79 valence electrons. The second kappa shape index (κ2) is 5.09. The van der Waals surface area contributed by atoms with E-state index >= 15 is 0 Å². The molecule has 0 unspecified atom stereocenters. The van der Waals surface area contributed by atoms with Gasteiger partial charge in [0.05, 0.1) is 12.1 Å². The fourth-order valence-electron chi connectivity index (χ4n) is 1.09. The molecule has 1 aromatic heterocycles. The van der Waals surface area contributed by atoms with E-state index in [1.807, 2.05) is 0 Å². The minimum Gasteiger partial charge on any atom is -0.351 e. The van der Waals surface area contributed by atoms with E-state index in [4.69, 9.17) is 5.73 Å². The Kier molecular flexibility index (Phi) is 3.79. The topological polar surface area (TPSA) is 76.3 Å². The Hall–Kier alpha value is -1.91. The molecule has 0 aromatic carbocycles. The van der Waals surface area contributed by atoms with Crippen molar-refractivity contribution >= 4 is 11.9 Å². The number of nitrogens with two attached hydrogens (primary N) is 1. The fraction of sp³-hybridized carbons (Fsp3) is 0.200. The molecular weight excluding hydrogens is 194 g/mol. The molecule has 1 heterocycles. The van der Waals surface area contributed by atoms with Crippen LogP contribution in [-0.2, 0) is 4.79 Å². The fourth-order valence-corrected chi connectivity index (χ4v) is 1.09. The zero-order valence-corrected chi connectivity index (χ0v) is 8.38. The van der Waals surface area contributed by atoms with Crippen LogP contribution >= 0.6 is 0 Å². The number of carbonyl (C=O) groups is 2. The summed E-state index contributed by atoms with van der Waals surface area (Å²) in [5.41, 5.74) is 5.53. The third kappa shape index (κ3) is 3.05. The number of primary amides is 1. The lowest BCUT2D eigenvalue weighted by Crippen LogP contribution is -2.40. The van der Waals surface area contributed by atoms with Gasteiger partial charge >= 0.3 is 6.03 Å². The highest BCUT2D eigenvalue weighted by molar-refractivity contribution is 5.99. The number of nitrogens with zero attached hydrogens (tertiary/aromatic N) is 2. The lowest BCUT2D eigenvalue weighted by molar-refractivity contribution is -0.124. The SMILES string of the molecule is CCN(C(N)=O)C(=O)[CH]c1ccccn1. The summed E-state index contributed by atoms with van der Waals surface area (Å²) < 4.78 is 0. The van der Waals surface area contributed by atoms with Crippen molar-refractivity contribution in [2.75, 3.05) is 6.54 Å². The normalized spacial score (nSPS) is 9.67. The lowest BCUT2D eigenvalue weighted by atomic mass is 10.2. The van der Waals surface area contributed by atoms with Gasteiger partial charge in [0.2, 0.25) is 5.91 Å². The Morgan fingerprint density at radius 2 is 2.27 bits per heavy atom. The number of rotatable bonds is 3. The molecule has 2 N–H and O–H groups in total. The van der Waals surface area contributed by atoms with Gasteiger partial charge in [0.25, 0.3) is 0 Å². The van der Waals surface area contributed by atoms with Crippen LogP contribution in [0, 0.1) is 6.42 Å². The third-order valence-electron chi connectivity index (χ3n) is 1.81. The minimum atomic E-state index is -0.755. The van der Waals surface area contributed by atoms with Crippen molar-refractivity contribution in [2.45, 2.75) is 6.92 Å². The van der Waals surface area contributed by atoms with E-state index in [1.54, 1.807) is 31.3 Å². The van der Waals surface area contributed by atoms with Crippen LogP contribution in [0.25, 0.3) is 0 Å². The number of hydrogen-bond acceptors (Lipinski definition) is 3. The van der Waals surface area contributed by atoms with Crippen molar-refractivity contribution in [2.24, 2.45) is 5.73 Å². The number of likely N-dealkylation sites (N-methyl/N-ethyl adjacent to an activating group) is 1. The van der Waals surface area contributed by atoms with E-state index < -0.39 is 11.9 Å². The number of imide groups is 1. The van der Waals surface area contributed by atoms with E-state index in [0.29, 0.717) is 5.69 Å². The molecule has 1 aromatic rings.